The lowest BCUT2D eigenvalue weighted by Crippen LogP contribution is -2.58. The number of piperidine rings is 1. The third-order valence-electron chi connectivity index (χ3n) is 13.4. The monoisotopic (exact) mass is 1070 g/mol. The summed E-state index contributed by atoms with van der Waals surface area (Å²) in [5, 5.41) is 7.90. The van der Waals surface area contributed by atoms with Gasteiger partial charge in [-0.25, -0.2) is 0 Å². The minimum atomic E-state index is -5.86. The number of nitrogens with one attached hydrogen (secondary N) is 3. The zero-order valence-electron chi connectivity index (χ0n) is 41.1. The Balaban J connectivity index is 0.891. The first-order valence-corrected chi connectivity index (χ1v) is 26.7. The number of amides is 8. The molecule has 3 saturated heterocycles. The molecule has 5 atom stereocenters. The van der Waals surface area contributed by atoms with Crippen LogP contribution in [0.15, 0.2) is 72.8 Å². The number of unbranched alkanes of at least 4 members (excludes halogenated alkanes) is 2. The average Bonchev–Trinajstić information content (AvgIpc) is 4.09. The molecular formula is C52H55F2N6O13PS. The number of morpholine rings is 1. The van der Waals surface area contributed by atoms with E-state index >= 15 is 0 Å². The molecule has 0 radical (unpaired) electrons. The molecule has 75 heavy (non-hydrogen) atoms. The summed E-state index contributed by atoms with van der Waals surface area (Å²) in [6.45, 7) is 5.62. The molecule has 19 nitrogen and oxygen atoms in total. The van der Waals surface area contributed by atoms with Crippen LogP contribution in [0.5, 0.6) is 0 Å². The molecule has 3 aromatic carbocycles. The number of fused-ring (bicyclic) bond motifs is 2. The second-order valence-electron chi connectivity index (χ2n) is 19.7. The number of thiophene rings is 1. The molecule has 0 bridgehead atoms. The maximum Gasteiger partial charge on any atom is 0.399 e. The summed E-state index contributed by atoms with van der Waals surface area (Å²) in [7, 11) is -5.86. The van der Waals surface area contributed by atoms with Gasteiger partial charge in [-0.05, 0) is 66.0 Å². The molecule has 4 aliphatic rings. The van der Waals surface area contributed by atoms with Gasteiger partial charge in [-0.2, -0.15) is 8.78 Å². The van der Waals surface area contributed by atoms with Gasteiger partial charge in [0.2, 0.25) is 29.5 Å². The molecule has 0 spiro atoms. The summed E-state index contributed by atoms with van der Waals surface area (Å²) in [5.74, 6) is 1.36. The zero-order chi connectivity index (χ0) is 54.0. The number of hydrogen-bond donors (Lipinski definition) is 5. The number of rotatable bonds is 15. The number of benzene rings is 3. The summed E-state index contributed by atoms with van der Waals surface area (Å²) >= 11 is 0.928. The normalized spacial score (nSPS) is 20.6. The van der Waals surface area contributed by atoms with Crippen LogP contribution >= 0.6 is 18.9 Å². The lowest BCUT2D eigenvalue weighted by Gasteiger charge is -2.38. The van der Waals surface area contributed by atoms with Crippen molar-refractivity contribution in [1.29, 1.82) is 0 Å². The fourth-order valence-corrected chi connectivity index (χ4v) is 10.9. The SMILES string of the molecule is CC(C)(C)[C@H](NC(=O)c1cc2cc(C(F)(F)P(=O)(O)O)ccc2s1)C(=O)N1C[C@@H](OCC(=O)NCCCCC#Cc2cccc3c2C(=O)N(C2CCC(=O)NC2=O)C3=O)C[C@H]1C(=O)N1CCO[C@H](c2ccccc2)C1. The molecule has 5 heterocycles. The van der Waals surface area contributed by atoms with E-state index in [1.807, 2.05) is 30.3 Å². The van der Waals surface area contributed by atoms with Crippen LogP contribution < -0.4 is 16.0 Å². The molecule has 1 unspecified atom stereocenters. The molecule has 0 saturated carbocycles. The predicted molar refractivity (Wildman–Crippen MR) is 267 cm³/mol. The number of alkyl halides is 2. The molecule has 8 rings (SSSR count). The van der Waals surface area contributed by atoms with Crippen molar-refractivity contribution in [2.75, 3.05) is 39.4 Å². The predicted octanol–water partition coefficient (Wildman–Crippen LogP) is 4.60. The van der Waals surface area contributed by atoms with Gasteiger partial charge < -0.3 is 39.7 Å². The fraction of sp³-hybridized carbons (Fsp3) is 0.423. The summed E-state index contributed by atoms with van der Waals surface area (Å²) in [5.41, 5.74) is -4.93. The first-order chi connectivity index (χ1) is 35.5. The van der Waals surface area contributed by atoms with Crippen molar-refractivity contribution in [1.82, 2.24) is 30.7 Å². The molecule has 4 aromatic rings. The van der Waals surface area contributed by atoms with E-state index in [0.717, 1.165) is 33.9 Å². The number of likely N-dealkylation sites (tertiary alicyclic amines) is 1. The van der Waals surface area contributed by atoms with Gasteiger partial charge >= 0.3 is 13.3 Å². The van der Waals surface area contributed by atoms with E-state index in [1.165, 1.54) is 23.1 Å². The van der Waals surface area contributed by atoms with E-state index in [4.69, 9.17) is 9.47 Å². The van der Waals surface area contributed by atoms with Crippen molar-refractivity contribution in [3.8, 4) is 11.8 Å². The first kappa shape index (κ1) is 54.5. The molecule has 23 heteroatoms. The number of imide groups is 2. The second-order valence-corrected chi connectivity index (χ2v) is 22.5. The number of halogens is 2. The fourth-order valence-electron chi connectivity index (χ4n) is 9.44. The number of carbonyl (C=O) groups is 8. The summed E-state index contributed by atoms with van der Waals surface area (Å²) in [6.07, 6.45) is 0.326. The van der Waals surface area contributed by atoms with E-state index < -0.39 is 103 Å². The standard InChI is InChI=1S/C52H55F2N6O13PS/c1-51(2,3)44(57-46(64)40-25-32-24-33(17-19-39(32)75-40)52(53,54)74(69,70)71)50(68)59-27-34(26-37(59)48(66)58-22-23-72-38(28-58)30-12-8-6-9-13-30)73-29-42(62)55-21-10-5-4-7-14-31-15-11-16-35-43(31)49(67)60(47(35)65)36-18-20-41(61)56-45(36)63/h6,8-9,11-13,15-17,19,24-25,34,36-38,44H,4-5,10,18,20-23,26-29H2,1-3H3,(H,55,62)(H,57,64)(H,56,61,63)(H2,69,70,71)/t34-,36?,37-,38-,44+/m0/s1. The van der Waals surface area contributed by atoms with Gasteiger partial charge in [0, 0.05) is 54.7 Å². The van der Waals surface area contributed by atoms with E-state index in [2.05, 4.69) is 27.8 Å². The average molecular weight is 1070 g/mol. The van der Waals surface area contributed by atoms with E-state index in [0.29, 0.717) is 29.5 Å². The summed E-state index contributed by atoms with van der Waals surface area (Å²) in [6, 6.07) is 15.0. The molecule has 1 aromatic heterocycles. The van der Waals surface area contributed by atoms with Gasteiger partial charge in [-0.3, -0.25) is 53.1 Å². The Labute approximate surface area is 433 Å². The lowest BCUT2D eigenvalue weighted by atomic mass is 9.85. The smallest absolute Gasteiger partial charge is 0.370 e. The number of carbonyl (C=O) groups excluding carboxylic acids is 8. The molecular weight excluding hydrogens is 1020 g/mol. The summed E-state index contributed by atoms with van der Waals surface area (Å²) in [4.78, 5) is 129. The quantitative estimate of drug-likeness (QED) is 0.0473. The number of ether oxygens (including phenoxy) is 2. The number of nitrogens with zero attached hydrogens (tertiary/aromatic N) is 3. The van der Waals surface area contributed by atoms with Crippen molar-refractivity contribution in [2.24, 2.45) is 5.41 Å². The molecule has 0 aliphatic carbocycles. The van der Waals surface area contributed by atoms with Crippen LogP contribution in [0.25, 0.3) is 10.1 Å². The third kappa shape index (κ3) is 11.9. The van der Waals surface area contributed by atoms with E-state index in [-0.39, 0.29) is 79.3 Å². The van der Waals surface area contributed by atoms with Crippen molar-refractivity contribution >= 4 is 76.3 Å². The first-order valence-electron chi connectivity index (χ1n) is 24.3. The Morgan fingerprint density at radius 1 is 0.973 bits per heavy atom. The van der Waals surface area contributed by atoms with Crippen LogP contribution in [-0.4, -0.2) is 135 Å². The highest BCUT2D eigenvalue weighted by Gasteiger charge is 2.51. The molecule has 396 valence electrons. The zero-order valence-corrected chi connectivity index (χ0v) is 42.8. The molecule has 4 aliphatic heterocycles. The Hall–Kier alpha value is -6.73. The Morgan fingerprint density at radius 2 is 1.73 bits per heavy atom. The van der Waals surface area contributed by atoms with Crippen LogP contribution in [0, 0.1) is 17.3 Å². The molecule has 5 N–H and O–H groups in total. The largest absolute Gasteiger partial charge is 0.399 e. The summed E-state index contributed by atoms with van der Waals surface area (Å²) < 4.78 is 53.2. The Morgan fingerprint density at radius 3 is 2.45 bits per heavy atom. The van der Waals surface area contributed by atoms with E-state index in [9.17, 15) is 61.5 Å². The highest BCUT2D eigenvalue weighted by Crippen LogP contribution is 2.59. The van der Waals surface area contributed by atoms with Crippen molar-refractivity contribution in [3.05, 3.63) is 105 Å². The highest BCUT2D eigenvalue weighted by molar-refractivity contribution is 7.52. The molecule has 8 amide bonds. The maximum atomic E-state index is 14.8. The van der Waals surface area contributed by atoms with Gasteiger partial charge in [0.1, 0.15) is 30.8 Å². The van der Waals surface area contributed by atoms with Crippen molar-refractivity contribution < 1.29 is 71.0 Å². The minimum Gasteiger partial charge on any atom is -0.370 e. The van der Waals surface area contributed by atoms with Gasteiger partial charge in [0.15, 0.2) is 0 Å². The maximum absolute atomic E-state index is 14.8. The van der Waals surface area contributed by atoms with Crippen LogP contribution in [0.3, 0.4) is 0 Å². The Bertz CT molecular complexity index is 3060. The topological polar surface area (TPSA) is 258 Å². The van der Waals surface area contributed by atoms with Gasteiger partial charge in [0.05, 0.1) is 35.3 Å². The van der Waals surface area contributed by atoms with Crippen molar-refractivity contribution in [2.45, 2.75) is 95.3 Å². The lowest BCUT2D eigenvalue weighted by molar-refractivity contribution is -0.150. The van der Waals surface area contributed by atoms with Gasteiger partial charge in [0.25, 0.3) is 17.7 Å². The third-order valence-corrected chi connectivity index (χ3v) is 15.5. The molecule has 3 fully saturated rings. The van der Waals surface area contributed by atoms with Gasteiger partial charge in [-0.15, -0.1) is 11.3 Å². The van der Waals surface area contributed by atoms with Crippen LogP contribution in [-0.2, 0) is 43.7 Å². The highest BCUT2D eigenvalue weighted by atomic mass is 32.1. The van der Waals surface area contributed by atoms with E-state index in [1.54, 1.807) is 37.8 Å². The van der Waals surface area contributed by atoms with Crippen LogP contribution in [0.4, 0.5) is 8.78 Å². The number of hydrogen-bond acceptors (Lipinski definition) is 12. The minimum absolute atomic E-state index is 0.00161. The van der Waals surface area contributed by atoms with Crippen LogP contribution in [0.1, 0.15) is 112 Å². The van der Waals surface area contributed by atoms with Crippen molar-refractivity contribution in [3.63, 3.8) is 0 Å². The van der Waals surface area contributed by atoms with Gasteiger partial charge in [-0.1, -0.05) is 75.1 Å². The Kier molecular flexibility index (Phi) is 16.2. The van der Waals surface area contributed by atoms with Crippen LogP contribution in [0.2, 0.25) is 0 Å². The second kappa shape index (κ2) is 22.2.